The summed E-state index contributed by atoms with van der Waals surface area (Å²) in [4.78, 5) is 0. The largest absolute Gasteiger partial charge is 0.407 e. The van der Waals surface area contributed by atoms with Crippen LogP contribution in [0.1, 0.15) is 77.6 Å². The summed E-state index contributed by atoms with van der Waals surface area (Å²) in [5.74, 6) is 0.779. The Hall–Kier alpha value is -1.13. The van der Waals surface area contributed by atoms with Crippen LogP contribution >= 0.6 is 11.6 Å². The molecule has 172 valence electrons. The molecule has 0 fully saturated rings. The second kappa shape index (κ2) is 16.5. The van der Waals surface area contributed by atoms with Crippen LogP contribution < -0.4 is 10.4 Å². The molecule has 0 radical (unpaired) electrons. The molecule has 0 spiro atoms. The van der Waals surface area contributed by atoms with Crippen LogP contribution in [0.3, 0.4) is 0 Å². The van der Waals surface area contributed by atoms with Gasteiger partial charge in [0.2, 0.25) is 0 Å². The van der Waals surface area contributed by atoms with Gasteiger partial charge in [-0.1, -0.05) is 119 Å². The maximum absolute atomic E-state index is 6.75. The summed E-state index contributed by atoms with van der Waals surface area (Å²) in [7, 11) is -2.71. The van der Waals surface area contributed by atoms with Gasteiger partial charge in [-0.3, -0.25) is 0 Å². The predicted octanol–water partition coefficient (Wildman–Crippen LogP) is 6.83. The van der Waals surface area contributed by atoms with Gasteiger partial charge in [0.05, 0.1) is 0 Å². The van der Waals surface area contributed by atoms with Gasteiger partial charge in [-0.05, 0) is 29.6 Å². The van der Waals surface area contributed by atoms with E-state index in [4.69, 9.17) is 20.5 Å². The van der Waals surface area contributed by atoms with Crippen molar-refractivity contribution < 1.29 is 8.85 Å². The third-order valence-electron chi connectivity index (χ3n) is 5.69. The highest BCUT2D eigenvalue weighted by atomic mass is 35.5. The Bertz CT molecular complexity index is 626. The molecule has 31 heavy (non-hydrogen) atoms. The normalized spacial score (nSPS) is 11.7. The molecule has 0 aliphatic heterocycles. The Balaban J connectivity index is 2.05. The maximum atomic E-state index is 6.75. The topological polar surface area (TPSA) is 18.5 Å². The molecule has 0 N–H and O–H groups in total. The van der Waals surface area contributed by atoms with E-state index >= 15 is 0 Å². The van der Waals surface area contributed by atoms with Crippen molar-refractivity contribution in [2.45, 2.75) is 77.6 Å². The fraction of sp³-hybridized carbons (Fsp3) is 0.556. The van der Waals surface area contributed by atoms with Crippen LogP contribution in [-0.4, -0.2) is 27.7 Å². The highest BCUT2D eigenvalue weighted by molar-refractivity contribution is 6.92. The van der Waals surface area contributed by atoms with Crippen LogP contribution in [0.25, 0.3) is 0 Å². The summed E-state index contributed by atoms with van der Waals surface area (Å²) >= 11 is 5.78. The lowest BCUT2D eigenvalue weighted by molar-refractivity contribution is 0.184. The minimum Gasteiger partial charge on any atom is -0.388 e. The number of alkyl halides is 1. The smallest absolute Gasteiger partial charge is 0.388 e. The summed E-state index contributed by atoms with van der Waals surface area (Å²) in [6.45, 7) is 3.77. The zero-order valence-electron chi connectivity index (χ0n) is 19.4. The van der Waals surface area contributed by atoms with Crippen molar-refractivity contribution in [3.8, 4) is 0 Å². The van der Waals surface area contributed by atoms with Crippen LogP contribution in [0.5, 0.6) is 0 Å². The Morgan fingerprint density at radius 1 is 0.581 bits per heavy atom. The van der Waals surface area contributed by atoms with Gasteiger partial charge in [-0.2, -0.15) is 0 Å². The van der Waals surface area contributed by atoms with Gasteiger partial charge in [0.15, 0.2) is 0 Å². The molecule has 0 aromatic heterocycles. The quantitative estimate of drug-likeness (QED) is 0.138. The van der Waals surface area contributed by atoms with Crippen LogP contribution in [0.2, 0.25) is 0 Å². The zero-order valence-corrected chi connectivity index (χ0v) is 21.1. The van der Waals surface area contributed by atoms with Gasteiger partial charge < -0.3 is 8.85 Å². The first-order valence-electron chi connectivity index (χ1n) is 12.3. The molecule has 2 rings (SSSR count). The van der Waals surface area contributed by atoms with Crippen molar-refractivity contribution in [3.63, 3.8) is 0 Å². The lowest BCUT2D eigenvalue weighted by Gasteiger charge is -2.31. The number of hydrogen-bond donors (Lipinski definition) is 0. The van der Waals surface area contributed by atoms with E-state index in [1.165, 1.54) is 61.7 Å². The molecule has 2 nitrogen and oxygen atoms in total. The van der Waals surface area contributed by atoms with E-state index in [9.17, 15) is 0 Å². The Labute approximate surface area is 196 Å². The first-order valence-corrected chi connectivity index (χ1v) is 14.6. The molecule has 4 heteroatoms. The summed E-state index contributed by atoms with van der Waals surface area (Å²) in [5.41, 5.74) is 0. The van der Waals surface area contributed by atoms with E-state index < -0.39 is 8.56 Å². The summed E-state index contributed by atoms with van der Waals surface area (Å²) in [5, 5.41) is 2.41. The van der Waals surface area contributed by atoms with Crippen LogP contribution in [0.15, 0.2) is 60.7 Å². The zero-order chi connectivity index (χ0) is 22.0. The lowest BCUT2D eigenvalue weighted by Crippen LogP contribution is -2.63. The van der Waals surface area contributed by atoms with E-state index in [1.54, 1.807) is 0 Å². The number of rotatable bonds is 18. The molecule has 2 aromatic carbocycles. The monoisotopic (exact) mass is 460 g/mol. The van der Waals surface area contributed by atoms with Crippen molar-refractivity contribution in [2.24, 2.45) is 0 Å². The average molecular weight is 461 g/mol. The Morgan fingerprint density at radius 2 is 1.00 bits per heavy atom. The first kappa shape index (κ1) is 26.1. The number of hydrogen-bond acceptors (Lipinski definition) is 2. The van der Waals surface area contributed by atoms with Crippen molar-refractivity contribution in [1.82, 2.24) is 0 Å². The van der Waals surface area contributed by atoms with Crippen LogP contribution in [0, 0.1) is 0 Å². The van der Waals surface area contributed by atoms with Crippen molar-refractivity contribution in [3.05, 3.63) is 60.7 Å². The second-order valence-corrected chi connectivity index (χ2v) is 11.6. The van der Waals surface area contributed by atoms with Gasteiger partial charge in [-0.25, -0.2) is 0 Å². The van der Waals surface area contributed by atoms with Gasteiger partial charge in [0.1, 0.15) is 0 Å². The van der Waals surface area contributed by atoms with Gasteiger partial charge in [0.25, 0.3) is 0 Å². The molecule has 0 heterocycles. The fourth-order valence-electron chi connectivity index (χ4n) is 3.90. The van der Waals surface area contributed by atoms with Gasteiger partial charge in [-0.15, -0.1) is 11.6 Å². The fourth-order valence-corrected chi connectivity index (χ4v) is 7.30. The van der Waals surface area contributed by atoms with E-state index in [0.29, 0.717) is 0 Å². The van der Waals surface area contributed by atoms with E-state index in [0.717, 1.165) is 38.4 Å². The third kappa shape index (κ3) is 9.49. The molecular weight excluding hydrogens is 420 g/mol. The van der Waals surface area contributed by atoms with Crippen LogP contribution in [0.4, 0.5) is 0 Å². The lowest BCUT2D eigenvalue weighted by atomic mass is 10.1. The third-order valence-corrected chi connectivity index (χ3v) is 9.37. The minimum atomic E-state index is -2.71. The standard InChI is InChI=1S/C27H41ClO2Si/c1-2-3-4-8-17-24-29-31(26-19-12-10-13-20-26,27-21-14-11-15-22-27)30-25-18-9-6-5-7-16-23-28/h10-15,19-22H,2-9,16-18,23-25H2,1H3. The average Bonchev–Trinajstić information content (AvgIpc) is 2.83. The number of benzene rings is 2. The highest BCUT2D eigenvalue weighted by Crippen LogP contribution is 2.14. The molecule has 2 aromatic rings. The van der Waals surface area contributed by atoms with Crippen molar-refractivity contribution in [1.29, 1.82) is 0 Å². The molecule has 0 amide bonds. The van der Waals surface area contributed by atoms with Gasteiger partial charge >= 0.3 is 8.56 Å². The molecule has 0 atom stereocenters. The van der Waals surface area contributed by atoms with E-state index in [2.05, 4.69) is 67.6 Å². The summed E-state index contributed by atoms with van der Waals surface area (Å²) in [6, 6.07) is 21.3. The molecule has 0 saturated heterocycles. The Kier molecular flexibility index (Phi) is 13.9. The summed E-state index contributed by atoms with van der Waals surface area (Å²) < 4.78 is 13.5. The first-order chi connectivity index (χ1) is 15.3. The van der Waals surface area contributed by atoms with E-state index in [1.807, 2.05) is 0 Å². The van der Waals surface area contributed by atoms with E-state index in [-0.39, 0.29) is 0 Å². The molecule has 0 saturated carbocycles. The maximum Gasteiger partial charge on any atom is 0.407 e. The summed E-state index contributed by atoms with van der Waals surface area (Å²) in [6.07, 6.45) is 13.3. The van der Waals surface area contributed by atoms with Crippen molar-refractivity contribution >= 4 is 30.5 Å². The Morgan fingerprint density at radius 3 is 1.45 bits per heavy atom. The number of unbranched alkanes of at least 4 members (excludes halogenated alkanes) is 9. The van der Waals surface area contributed by atoms with Gasteiger partial charge in [0, 0.05) is 19.1 Å². The molecule has 0 bridgehead atoms. The predicted molar refractivity (Wildman–Crippen MR) is 137 cm³/mol. The van der Waals surface area contributed by atoms with Crippen molar-refractivity contribution in [2.75, 3.05) is 19.1 Å². The minimum absolute atomic E-state index is 0.751. The van der Waals surface area contributed by atoms with Crippen LogP contribution in [-0.2, 0) is 8.85 Å². The molecule has 0 unspecified atom stereocenters. The highest BCUT2D eigenvalue weighted by Gasteiger charge is 2.42. The number of halogens is 1. The SMILES string of the molecule is CCCCCCCO[Si](OCCCCCCCCCl)(c1ccccc1)c1ccccc1. The molecule has 0 aliphatic rings. The second-order valence-electron chi connectivity index (χ2n) is 8.27. The molecule has 0 aliphatic carbocycles. The molecular formula is C27H41ClO2Si.